The van der Waals surface area contributed by atoms with Crippen LogP contribution in [-0.4, -0.2) is 14.7 Å². The third-order valence-electron chi connectivity index (χ3n) is 7.42. The Kier molecular flexibility index (Phi) is 7.05. The summed E-state index contributed by atoms with van der Waals surface area (Å²) in [7, 11) is 0. The molecule has 2 atom stereocenters. The molecule has 1 N–H and O–H groups in total. The second kappa shape index (κ2) is 10.8. The van der Waals surface area contributed by atoms with Crippen molar-refractivity contribution in [3.05, 3.63) is 136 Å². The molecule has 3 aromatic carbocycles. The highest BCUT2D eigenvalue weighted by Crippen LogP contribution is 2.44. The zero-order valence-electron chi connectivity index (χ0n) is 22.5. The molecule has 40 heavy (non-hydrogen) atoms. The van der Waals surface area contributed by atoms with Crippen LogP contribution in [0, 0.1) is 20.8 Å². The molecule has 5 nitrogen and oxygen atoms in total. The molecule has 0 amide bonds. The highest BCUT2D eigenvalue weighted by Gasteiger charge is 2.42. The number of nitrogens with one attached hydrogen (secondary N) is 1. The molecule has 0 radical (unpaired) electrons. The molecule has 1 saturated heterocycles. The van der Waals surface area contributed by atoms with Gasteiger partial charge in [0.2, 0.25) is 0 Å². The van der Waals surface area contributed by atoms with Crippen molar-refractivity contribution in [2.45, 2.75) is 32.9 Å². The van der Waals surface area contributed by atoms with Gasteiger partial charge >= 0.3 is 0 Å². The lowest BCUT2D eigenvalue weighted by Gasteiger charge is -2.28. The summed E-state index contributed by atoms with van der Waals surface area (Å²) in [6.07, 6.45) is 1.82. The number of pyridine rings is 1. The van der Waals surface area contributed by atoms with E-state index in [2.05, 4.69) is 46.8 Å². The number of nitrogens with zero attached hydrogens (tertiary/aromatic N) is 3. The largest absolute Gasteiger partial charge is 0.457 e. The number of aromatic nitrogens is 2. The zero-order chi connectivity index (χ0) is 27.8. The number of rotatable bonds is 6. The summed E-state index contributed by atoms with van der Waals surface area (Å²) in [4.78, 5) is 6.89. The number of thiocarbonyl (C=S) groups is 1. The Labute approximate surface area is 245 Å². The lowest BCUT2D eigenvalue weighted by Crippen LogP contribution is -2.29. The van der Waals surface area contributed by atoms with Crippen molar-refractivity contribution >= 4 is 34.6 Å². The summed E-state index contributed by atoms with van der Waals surface area (Å²) in [5.41, 5.74) is 7.30. The van der Waals surface area contributed by atoms with Gasteiger partial charge in [-0.1, -0.05) is 48.0 Å². The van der Waals surface area contributed by atoms with Crippen LogP contribution >= 0.6 is 23.8 Å². The van der Waals surface area contributed by atoms with E-state index in [0.717, 1.165) is 51.1 Å². The number of ether oxygens (including phenoxy) is 1. The van der Waals surface area contributed by atoms with Crippen LogP contribution in [0.15, 0.2) is 103 Å². The van der Waals surface area contributed by atoms with E-state index in [1.54, 1.807) is 0 Å². The van der Waals surface area contributed by atoms with Crippen molar-refractivity contribution < 1.29 is 4.74 Å². The van der Waals surface area contributed by atoms with Gasteiger partial charge in [-0.15, -0.1) is 0 Å². The minimum Gasteiger partial charge on any atom is -0.457 e. The summed E-state index contributed by atoms with van der Waals surface area (Å²) < 4.78 is 8.38. The van der Waals surface area contributed by atoms with Gasteiger partial charge in [0, 0.05) is 23.3 Å². The van der Waals surface area contributed by atoms with Crippen molar-refractivity contribution in [1.82, 2.24) is 14.9 Å². The Balaban J connectivity index is 1.42. The molecule has 0 aliphatic carbocycles. The Bertz CT molecular complexity index is 1680. The van der Waals surface area contributed by atoms with Crippen LogP contribution in [0.2, 0.25) is 5.02 Å². The van der Waals surface area contributed by atoms with Crippen LogP contribution in [0.5, 0.6) is 11.5 Å². The maximum absolute atomic E-state index is 6.64. The van der Waals surface area contributed by atoms with Crippen LogP contribution in [0.4, 0.5) is 5.69 Å². The van der Waals surface area contributed by atoms with Crippen molar-refractivity contribution in [1.29, 1.82) is 0 Å². The Morgan fingerprint density at radius 1 is 0.875 bits per heavy atom. The number of benzene rings is 3. The molecule has 1 aliphatic heterocycles. The molecule has 2 aromatic heterocycles. The van der Waals surface area contributed by atoms with Crippen LogP contribution in [0.1, 0.15) is 40.3 Å². The summed E-state index contributed by atoms with van der Waals surface area (Å²) >= 11 is 12.6. The fraction of sp³-hybridized carbons (Fsp3) is 0.152. The first-order chi connectivity index (χ1) is 19.4. The topological polar surface area (TPSA) is 42.3 Å². The maximum atomic E-state index is 6.64. The number of halogens is 1. The Hall–Kier alpha value is -4.13. The highest BCUT2D eigenvalue weighted by atomic mass is 35.5. The SMILES string of the molecule is Cc1ccccc1Oc1ccc(N2C(=S)N[C@H](c3ccccn3)[C@H]2c2cc(C)n(-c3ccccc3Cl)c2C)cc1. The molecule has 7 heteroatoms. The van der Waals surface area contributed by atoms with Gasteiger partial charge in [0.1, 0.15) is 11.5 Å². The third kappa shape index (κ3) is 4.74. The fourth-order valence-electron chi connectivity index (χ4n) is 5.51. The maximum Gasteiger partial charge on any atom is 0.174 e. The molecule has 3 heterocycles. The lowest BCUT2D eigenvalue weighted by molar-refractivity contribution is 0.479. The molecule has 0 saturated carbocycles. The van der Waals surface area contributed by atoms with Gasteiger partial charge in [-0.05, 0) is 105 Å². The number of hydrogen-bond donors (Lipinski definition) is 1. The standard InChI is InChI=1S/C33H29ClN4OS/c1-21-10-4-7-14-30(21)39-25-17-15-24(16-18-25)38-32(31(36-33(38)40)28-12-8-9-19-35-28)26-20-22(2)37(23(26)3)29-13-6-5-11-27(29)34/h4-20,31-32H,1-3H3,(H,36,40)/t31-,32-/m1/s1. The summed E-state index contributed by atoms with van der Waals surface area (Å²) in [5, 5.41) is 4.92. The van der Waals surface area contributed by atoms with E-state index in [-0.39, 0.29) is 12.1 Å². The molecule has 5 aromatic rings. The van der Waals surface area contributed by atoms with Crippen molar-refractivity contribution in [2.24, 2.45) is 0 Å². The molecule has 6 rings (SSSR count). The normalized spacial score (nSPS) is 16.7. The summed E-state index contributed by atoms with van der Waals surface area (Å²) in [5.74, 6) is 1.61. The fourth-order valence-corrected chi connectivity index (χ4v) is 6.08. The van der Waals surface area contributed by atoms with E-state index in [0.29, 0.717) is 10.1 Å². The summed E-state index contributed by atoms with van der Waals surface area (Å²) in [6, 6.07) is 32.0. The van der Waals surface area contributed by atoms with E-state index < -0.39 is 0 Å². The van der Waals surface area contributed by atoms with Gasteiger partial charge in [0.15, 0.2) is 5.11 Å². The van der Waals surface area contributed by atoms with Gasteiger partial charge < -0.3 is 19.5 Å². The number of anilines is 1. The molecule has 200 valence electrons. The molecular formula is C33H29ClN4OS. The first kappa shape index (κ1) is 26.1. The smallest absolute Gasteiger partial charge is 0.174 e. The number of aryl methyl sites for hydroxylation is 2. The van der Waals surface area contributed by atoms with Gasteiger partial charge in [-0.25, -0.2) is 0 Å². The minimum atomic E-state index is -0.142. The Morgan fingerprint density at radius 2 is 1.60 bits per heavy atom. The van der Waals surface area contributed by atoms with Gasteiger partial charge in [0.25, 0.3) is 0 Å². The Morgan fingerprint density at radius 3 is 2.33 bits per heavy atom. The van der Waals surface area contributed by atoms with Crippen molar-refractivity contribution in [3.8, 4) is 17.2 Å². The second-order valence-electron chi connectivity index (χ2n) is 9.97. The highest BCUT2D eigenvalue weighted by molar-refractivity contribution is 7.80. The van der Waals surface area contributed by atoms with Crippen LogP contribution in [0.3, 0.4) is 0 Å². The van der Waals surface area contributed by atoms with E-state index in [1.165, 1.54) is 0 Å². The lowest BCUT2D eigenvalue weighted by atomic mass is 9.96. The zero-order valence-corrected chi connectivity index (χ0v) is 24.1. The average Bonchev–Trinajstić information content (AvgIpc) is 3.46. The monoisotopic (exact) mass is 564 g/mol. The third-order valence-corrected chi connectivity index (χ3v) is 8.05. The van der Waals surface area contributed by atoms with Crippen molar-refractivity contribution in [2.75, 3.05) is 4.90 Å². The minimum absolute atomic E-state index is 0.132. The number of hydrogen-bond acceptors (Lipinski definition) is 3. The molecule has 0 unspecified atom stereocenters. The predicted molar refractivity (Wildman–Crippen MR) is 166 cm³/mol. The van der Waals surface area contributed by atoms with Gasteiger partial charge in [-0.2, -0.15) is 0 Å². The van der Waals surface area contributed by atoms with E-state index >= 15 is 0 Å². The number of para-hydroxylation sites is 2. The van der Waals surface area contributed by atoms with Crippen LogP contribution < -0.4 is 15.0 Å². The van der Waals surface area contributed by atoms with Crippen molar-refractivity contribution in [3.63, 3.8) is 0 Å². The first-order valence-electron chi connectivity index (χ1n) is 13.2. The van der Waals surface area contributed by atoms with Crippen LogP contribution in [-0.2, 0) is 0 Å². The van der Waals surface area contributed by atoms with Gasteiger partial charge in [-0.3, -0.25) is 4.98 Å². The molecular weight excluding hydrogens is 536 g/mol. The average molecular weight is 565 g/mol. The van der Waals surface area contributed by atoms with Gasteiger partial charge in [0.05, 0.1) is 28.5 Å². The van der Waals surface area contributed by atoms with E-state index in [4.69, 9.17) is 33.5 Å². The molecule has 0 bridgehead atoms. The predicted octanol–water partition coefficient (Wildman–Crippen LogP) is 8.42. The molecule has 1 aliphatic rings. The van der Waals surface area contributed by atoms with E-state index in [1.807, 2.05) is 92.0 Å². The second-order valence-corrected chi connectivity index (χ2v) is 10.8. The quantitative estimate of drug-likeness (QED) is 0.210. The molecule has 1 fully saturated rings. The van der Waals surface area contributed by atoms with E-state index in [9.17, 15) is 0 Å². The molecule has 0 spiro atoms. The first-order valence-corrected chi connectivity index (χ1v) is 14.0. The summed E-state index contributed by atoms with van der Waals surface area (Å²) in [6.45, 7) is 6.29. The van der Waals surface area contributed by atoms with Crippen LogP contribution in [0.25, 0.3) is 5.69 Å².